The molecule has 108 valence electrons. The smallest absolute Gasteiger partial charge is 0.188 e. The Balaban J connectivity index is 3.02. The van der Waals surface area contributed by atoms with Gasteiger partial charge in [0, 0.05) is 18.5 Å². The Morgan fingerprint density at radius 3 is 2.63 bits per heavy atom. The van der Waals surface area contributed by atoms with E-state index in [1.807, 2.05) is 32.8 Å². The van der Waals surface area contributed by atoms with Gasteiger partial charge in [-0.2, -0.15) is 5.10 Å². The van der Waals surface area contributed by atoms with Gasteiger partial charge in [-0.15, -0.1) is 0 Å². The van der Waals surface area contributed by atoms with Crippen molar-refractivity contribution in [3.63, 3.8) is 0 Å². The van der Waals surface area contributed by atoms with Crippen LogP contribution in [0.15, 0.2) is 6.20 Å². The van der Waals surface area contributed by atoms with Crippen molar-refractivity contribution < 1.29 is 9.53 Å². The highest BCUT2D eigenvalue weighted by Gasteiger charge is 2.26. The summed E-state index contributed by atoms with van der Waals surface area (Å²) in [6, 6.07) is -0.200. The number of carbonyl (C=O) groups is 1. The Kier molecular flexibility index (Phi) is 5.50. The van der Waals surface area contributed by atoms with Gasteiger partial charge in [-0.3, -0.25) is 9.48 Å². The van der Waals surface area contributed by atoms with Gasteiger partial charge < -0.3 is 15.4 Å². The van der Waals surface area contributed by atoms with Crippen molar-refractivity contribution in [2.75, 3.05) is 27.7 Å². The number of hydrogen-bond donors (Lipinski definition) is 1. The predicted molar refractivity (Wildman–Crippen MR) is 74.5 cm³/mol. The van der Waals surface area contributed by atoms with E-state index in [4.69, 9.17) is 10.5 Å². The molecule has 1 aromatic rings. The number of hydrogen-bond acceptors (Lipinski definition) is 5. The number of nitrogens with two attached hydrogens (primary N) is 1. The highest BCUT2D eigenvalue weighted by molar-refractivity contribution is 5.98. The Bertz CT molecular complexity index is 426. The molecule has 1 rings (SSSR count). The molecule has 0 spiro atoms. The zero-order chi connectivity index (χ0) is 14.6. The second-order valence-corrected chi connectivity index (χ2v) is 5.10. The van der Waals surface area contributed by atoms with Gasteiger partial charge in [-0.25, -0.2) is 0 Å². The van der Waals surface area contributed by atoms with Crippen LogP contribution in [0.3, 0.4) is 0 Å². The maximum atomic E-state index is 12.5. The third-order valence-corrected chi connectivity index (χ3v) is 3.22. The maximum absolute atomic E-state index is 12.5. The normalized spacial score (nSPS) is 14.5. The van der Waals surface area contributed by atoms with Crippen LogP contribution in [-0.4, -0.2) is 54.3 Å². The summed E-state index contributed by atoms with van der Waals surface area (Å²) in [5.74, 6) is 0.225. The van der Waals surface area contributed by atoms with Crippen molar-refractivity contribution >= 4 is 5.78 Å². The molecule has 6 nitrogen and oxygen atoms in total. The van der Waals surface area contributed by atoms with Gasteiger partial charge >= 0.3 is 0 Å². The molecule has 0 aliphatic rings. The predicted octanol–water partition coefficient (Wildman–Crippen LogP) is 0.619. The molecule has 2 unspecified atom stereocenters. The topological polar surface area (TPSA) is 73.4 Å². The first-order valence-electron chi connectivity index (χ1n) is 6.42. The average Bonchev–Trinajstić information content (AvgIpc) is 2.77. The third kappa shape index (κ3) is 3.78. The van der Waals surface area contributed by atoms with Gasteiger partial charge in [0.2, 0.25) is 0 Å². The molecule has 0 bridgehead atoms. The van der Waals surface area contributed by atoms with Gasteiger partial charge in [0.05, 0.1) is 19.9 Å². The molecule has 2 N–H and O–H groups in total. The molecule has 0 saturated carbocycles. The van der Waals surface area contributed by atoms with E-state index in [1.54, 1.807) is 18.0 Å². The largest absolute Gasteiger partial charge is 0.493 e. The summed E-state index contributed by atoms with van der Waals surface area (Å²) in [5, 5.41) is 4.23. The number of carbonyl (C=O) groups excluding carboxylic acids is 1. The molecule has 0 fully saturated rings. The summed E-state index contributed by atoms with van der Waals surface area (Å²) in [6.07, 6.45) is 1.58. The van der Waals surface area contributed by atoms with Crippen LogP contribution in [0.2, 0.25) is 0 Å². The fraction of sp³-hybridized carbons (Fsp3) is 0.692. The summed E-state index contributed by atoms with van der Waals surface area (Å²) >= 11 is 0. The minimum Gasteiger partial charge on any atom is -0.493 e. The average molecular weight is 268 g/mol. The maximum Gasteiger partial charge on any atom is 0.188 e. The molecular weight excluding hydrogens is 244 g/mol. The van der Waals surface area contributed by atoms with Crippen LogP contribution in [0.4, 0.5) is 0 Å². The van der Waals surface area contributed by atoms with E-state index in [9.17, 15) is 4.79 Å². The van der Waals surface area contributed by atoms with Gasteiger partial charge in [0.1, 0.15) is 5.69 Å². The lowest BCUT2D eigenvalue weighted by Crippen LogP contribution is -2.32. The molecule has 0 aromatic carbocycles. The first-order valence-corrected chi connectivity index (χ1v) is 6.42. The molecule has 2 atom stereocenters. The number of nitrogens with zero attached hydrogens (tertiary/aromatic N) is 3. The van der Waals surface area contributed by atoms with Gasteiger partial charge in [-0.1, -0.05) is 6.92 Å². The molecule has 0 radical (unpaired) electrons. The van der Waals surface area contributed by atoms with Crippen molar-refractivity contribution in [3.05, 3.63) is 11.9 Å². The van der Waals surface area contributed by atoms with E-state index < -0.39 is 0 Å². The van der Waals surface area contributed by atoms with Crippen LogP contribution < -0.4 is 10.5 Å². The SMILES string of the molecule is COc1cnn(CCN(C)C)c1C(=O)C(C)C(C)N. The van der Waals surface area contributed by atoms with E-state index in [0.717, 1.165) is 6.54 Å². The minimum atomic E-state index is -0.260. The molecule has 19 heavy (non-hydrogen) atoms. The Morgan fingerprint density at radius 1 is 1.53 bits per heavy atom. The monoisotopic (exact) mass is 268 g/mol. The number of ether oxygens (including phenoxy) is 1. The summed E-state index contributed by atoms with van der Waals surface area (Å²) in [6.45, 7) is 5.10. The number of methoxy groups -OCH3 is 1. The van der Waals surface area contributed by atoms with Crippen molar-refractivity contribution in [1.82, 2.24) is 14.7 Å². The van der Waals surface area contributed by atoms with E-state index in [0.29, 0.717) is 18.0 Å². The lowest BCUT2D eigenvalue weighted by Gasteiger charge is -2.17. The molecule has 1 aromatic heterocycles. The van der Waals surface area contributed by atoms with Crippen LogP contribution in [0.1, 0.15) is 24.3 Å². The molecule has 0 aliphatic heterocycles. The molecule has 0 aliphatic carbocycles. The lowest BCUT2D eigenvalue weighted by atomic mass is 9.97. The van der Waals surface area contributed by atoms with Crippen molar-refractivity contribution in [2.24, 2.45) is 11.7 Å². The highest BCUT2D eigenvalue weighted by atomic mass is 16.5. The first-order chi connectivity index (χ1) is 8.88. The zero-order valence-electron chi connectivity index (χ0n) is 12.4. The molecule has 1 heterocycles. The van der Waals surface area contributed by atoms with Crippen LogP contribution in [-0.2, 0) is 6.54 Å². The molecule has 0 amide bonds. The van der Waals surface area contributed by atoms with E-state index in [-0.39, 0.29) is 17.7 Å². The number of ketones is 1. The molecular formula is C13H24N4O2. The Morgan fingerprint density at radius 2 is 2.16 bits per heavy atom. The van der Waals surface area contributed by atoms with Crippen LogP contribution >= 0.6 is 0 Å². The summed E-state index contributed by atoms with van der Waals surface area (Å²) < 4.78 is 6.92. The van der Waals surface area contributed by atoms with E-state index in [2.05, 4.69) is 5.10 Å². The zero-order valence-corrected chi connectivity index (χ0v) is 12.4. The van der Waals surface area contributed by atoms with E-state index in [1.165, 1.54) is 0 Å². The fourth-order valence-electron chi connectivity index (χ4n) is 1.68. The highest BCUT2D eigenvalue weighted by Crippen LogP contribution is 2.22. The fourth-order valence-corrected chi connectivity index (χ4v) is 1.68. The van der Waals surface area contributed by atoms with Gasteiger partial charge in [0.25, 0.3) is 0 Å². The Labute approximate surface area is 114 Å². The summed E-state index contributed by atoms with van der Waals surface area (Å²) in [5.41, 5.74) is 6.32. The molecule has 0 saturated heterocycles. The van der Waals surface area contributed by atoms with Crippen molar-refractivity contribution in [1.29, 1.82) is 0 Å². The minimum absolute atomic E-state index is 0.0249. The number of likely N-dealkylation sites (N-methyl/N-ethyl adjacent to an activating group) is 1. The van der Waals surface area contributed by atoms with Gasteiger partial charge in [0.15, 0.2) is 11.5 Å². The second kappa shape index (κ2) is 6.68. The summed E-state index contributed by atoms with van der Waals surface area (Å²) in [4.78, 5) is 14.5. The standard InChI is InChI=1S/C13H24N4O2/c1-9(10(2)14)13(18)12-11(19-5)8-15-17(12)7-6-16(3)4/h8-10H,6-7,14H2,1-5H3. The lowest BCUT2D eigenvalue weighted by molar-refractivity contribution is 0.0902. The van der Waals surface area contributed by atoms with Crippen molar-refractivity contribution in [2.45, 2.75) is 26.4 Å². The first kappa shape index (κ1) is 15.7. The van der Waals surface area contributed by atoms with Gasteiger partial charge in [-0.05, 0) is 21.0 Å². The summed E-state index contributed by atoms with van der Waals surface area (Å²) in [7, 11) is 5.50. The Hall–Kier alpha value is -1.40. The van der Waals surface area contributed by atoms with Crippen molar-refractivity contribution in [3.8, 4) is 5.75 Å². The second-order valence-electron chi connectivity index (χ2n) is 5.10. The number of aromatic nitrogens is 2. The number of rotatable bonds is 7. The molecule has 6 heteroatoms. The third-order valence-electron chi connectivity index (χ3n) is 3.22. The quantitative estimate of drug-likeness (QED) is 0.734. The van der Waals surface area contributed by atoms with Crippen LogP contribution in [0.5, 0.6) is 5.75 Å². The van der Waals surface area contributed by atoms with E-state index >= 15 is 0 Å². The number of Topliss-reactive ketones (excluding diaryl/α,β-unsaturated/α-hetero) is 1. The van der Waals surface area contributed by atoms with Crippen LogP contribution in [0.25, 0.3) is 0 Å². The van der Waals surface area contributed by atoms with Crippen LogP contribution in [0, 0.1) is 5.92 Å².